The number of nitrogens with zero attached hydrogens (tertiary/aromatic N) is 7. The van der Waals surface area contributed by atoms with E-state index in [0.717, 1.165) is 29.8 Å². The van der Waals surface area contributed by atoms with Crippen LogP contribution >= 0.6 is 0 Å². The van der Waals surface area contributed by atoms with Crippen molar-refractivity contribution in [2.24, 2.45) is 5.92 Å². The van der Waals surface area contributed by atoms with Crippen LogP contribution in [-0.2, 0) is 4.74 Å². The third-order valence-electron chi connectivity index (χ3n) is 7.89. The highest BCUT2D eigenvalue weighted by molar-refractivity contribution is 5.94. The lowest BCUT2D eigenvalue weighted by molar-refractivity contribution is 0.0327. The Morgan fingerprint density at radius 1 is 1.12 bits per heavy atom. The minimum atomic E-state index is -0.356. The van der Waals surface area contributed by atoms with Crippen LogP contribution < -0.4 is 5.32 Å². The van der Waals surface area contributed by atoms with Crippen molar-refractivity contribution >= 4 is 23.6 Å². The second kappa shape index (κ2) is 12.8. The Bertz CT molecular complexity index is 1380. The van der Waals surface area contributed by atoms with Gasteiger partial charge in [-0.3, -0.25) is 9.48 Å². The number of carbonyl (C=O) groups excluding carboxylic acids is 2. The molecule has 1 unspecified atom stereocenters. The number of piperidine rings is 1. The normalized spacial score (nSPS) is 16.7. The third kappa shape index (κ3) is 6.82. The number of rotatable bonds is 8. The van der Waals surface area contributed by atoms with E-state index in [1.165, 1.54) is 17.7 Å². The Balaban J connectivity index is 1.19. The molecule has 1 N–H and O–H groups in total. The van der Waals surface area contributed by atoms with Crippen molar-refractivity contribution in [2.45, 2.75) is 57.1 Å². The Kier molecular flexibility index (Phi) is 8.77. The average Bonchev–Trinajstić information content (AvgIpc) is 3.70. The molecular weight excluding hydrogens is 520 g/mol. The van der Waals surface area contributed by atoms with Gasteiger partial charge in [-0.25, -0.2) is 14.8 Å². The number of carbonyl (C=O) groups is 2. The number of nitrogens with one attached hydrogen (secondary N) is 1. The molecular formula is C30H36N8O3. The standard InChI is InChI=1S/C30H36N8O3/c1-36(2)30(40)41-25-13-17-37(18-14-25)28(39)22-7-9-24(10-8-22)34-29-32-16-12-26(35-29)23-19-33-38(20-23)27(11-15-31)21-5-3-4-6-21/h7-10,12,16,19-21,25,27H,3-6,11,13-14,17-18H2,1-2H3,(H,32,34,35). The molecule has 11 heteroatoms. The molecule has 2 aliphatic rings. The summed E-state index contributed by atoms with van der Waals surface area (Å²) in [4.78, 5) is 37.0. The molecule has 214 valence electrons. The number of aromatic nitrogens is 4. The summed E-state index contributed by atoms with van der Waals surface area (Å²) in [6, 6.07) is 11.5. The number of hydrogen-bond acceptors (Lipinski definition) is 8. The zero-order chi connectivity index (χ0) is 28.8. The van der Waals surface area contributed by atoms with E-state index in [4.69, 9.17) is 4.74 Å². The first kappa shape index (κ1) is 28.1. The molecule has 5 rings (SSSR count). The monoisotopic (exact) mass is 556 g/mol. The van der Waals surface area contributed by atoms with Crippen LogP contribution in [0, 0.1) is 17.2 Å². The summed E-state index contributed by atoms with van der Waals surface area (Å²) in [5.41, 5.74) is 2.97. The lowest BCUT2D eigenvalue weighted by atomic mass is 9.96. The lowest BCUT2D eigenvalue weighted by Crippen LogP contribution is -2.42. The summed E-state index contributed by atoms with van der Waals surface area (Å²) in [6.45, 7) is 1.08. The lowest BCUT2D eigenvalue weighted by Gasteiger charge is -2.32. The largest absolute Gasteiger partial charge is 0.446 e. The predicted molar refractivity (Wildman–Crippen MR) is 153 cm³/mol. The molecule has 0 spiro atoms. The first-order valence-corrected chi connectivity index (χ1v) is 14.2. The first-order chi connectivity index (χ1) is 19.9. The molecule has 3 aromatic rings. The van der Waals surface area contributed by atoms with Crippen molar-refractivity contribution in [3.63, 3.8) is 0 Å². The van der Waals surface area contributed by atoms with E-state index in [1.54, 1.807) is 43.5 Å². The number of benzene rings is 1. The molecule has 1 aliphatic carbocycles. The average molecular weight is 557 g/mol. The molecule has 3 heterocycles. The number of likely N-dealkylation sites (tertiary alicyclic amines) is 1. The summed E-state index contributed by atoms with van der Waals surface area (Å²) < 4.78 is 7.38. The van der Waals surface area contributed by atoms with Gasteiger partial charge in [0.2, 0.25) is 5.95 Å². The fourth-order valence-electron chi connectivity index (χ4n) is 5.58. The van der Waals surface area contributed by atoms with Crippen molar-refractivity contribution in [3.05, 3.63) is 54.5 Å². The van der Waals surface area contributed by atoms with Crippen LogP contribution in [0.25, 0.3) is 11.3 Å². The highest BCUT2D eigenvalue weighted by atomic mass is 16.6. The number of hydrogen-bond donors (Lipinski definition) is 1. The van der Waals surface area contributed by atoms with Crippen LogP contribution in [0.2, 0.25) is 0 Å². The van der Waals surface area contributed by atoms with Crippen LogP contribution in [-0.4, -0.2) is 74.8 Å². The minimum Gasteiger partial charge on any atom is -0.446 e. The van der Waals surface area contributed by atoms with E-state index in [0.29, 0.717) is 49.8 Å². The number of nitriles is 1. The number of ether oxygens (including phenoxy) is 1. The highest BCUT2D eigenvalue weighted by Gasteiger charge is 2.28. The second-order valence-electron chi connectivity index (χ2n) is 10.9. The Labute approximate surface area is 240 Å². The van der Waals surface area contributed by atoms with Crippen LogP contribution in [0.3, 0.4) is 0 Å². The summed E-state index contributed by atoms with van der Waals surface area (Å²) in [5, 5.41) is 17.2. The maximum absolute atomic E-state index is 13.0. The summed E-state index contributed by atoms with van der Waals surface area (Å²) in [6.07, 6.45) is 11.3. The molecule has 0 bridgehead atoms. The Hall–Kier alpha value is -4.46. The van der Waals surface area contributed by atoms with Crippen LogP contribution in [0.1, 0.15) is 61.3 Å². The van der Waals surface area contributed by atoms with Gasteiger partial charge < -0.3 is 19.9 Å². The molecule has 1 saturated carbocycles. The van der Waals surface area contributed by atoms with E-state index < -0.39 is 0 Å². The van der Waals surface area contributed by atoms with Gasteiger partial charge in [0.25, 0.3) is 5.91 Å². The Morgan fingerprint density at radius 3 is 2.54 bits per heavy atom. The molecule has 2 amide bonds. The van der Waals surface area contributed by atoms with E-state index in [1.807, 2.05) is 29.1 Å². The van der Waals surface area contributed by atoms with Crippen molar-refractivity contribution in [2.75, 3.05) is 32.5 Å². The van der Waals surface area contributed by atoms with E-state index >= 15 is 0 Å². The van der Waals surface area contributed by atoms with Gasteiger partial charge in [-0.15, -0.1) is 0 Å². The number of amides is 2. The molecule has 2 fully saturated rings. The van der Waals surface area contributed by atoms with Gasteiger partial charge in [-0.1, -0.05) is 12.8 Å². The van der Waals surface area contributed by atoms with Crippen molar-refractivity contribution in [1.82, 2.24) is 29.5 Å². The maximum Gasteiger partial charge on any atom is 0.409 e. The molecule has 1 atom stereocenters. The van der Waals surface area contributed by atoms with Gasteiger partial charge in [0.15, 0.2) is 0 Å². The van der Waals surface area contributed by atoms with Crippen LogP contribution in [0.15, 0.2) is 48.9 Å². The van der Waals surface area contributed by atoms with Crippen LogP contribution in [0.4, 0.5) is 16.4 Å². The van der Waals surface area contributed by atoms with Gasteiger partial charge in [0, 0.05) is 69.2 Å². The van der Waals surface area contributed by atoms with Gasteiger partial charge in [-0.05, 0) is 49.1 Å². The molecule has 1 saturated heterocycles. The SMILES string of the molecule is CN(C)C(=O)OC1CCN(C(=O)c2ccc(Nc3nccc(-c4cnn(C(CC#N)C5CCCC5)c4)n3)cc2)CC1. The van der Waals surface area contributed by atoms with Crippen molar-refractivity contribution in [1.29, 1.82) is 5.26 Å². The summed E-state index contributed by atoms with van der Waals surface area (Å²) in [7, 11) is 3.31. The van der Waals surface area contributed by atoms with Gasteiger partial charge in [-0.2, -0.15) is 10.4 Å². The summed E-state index contributed by atoms with van der Waals surface area (Å²) in [5.74, 6) is 0.879. The van der Waals surface area contributed by atoms with Gasteiger partial charge >= 0.3 is 6.09 Å². The fraction of sp³-hybridized carbons (Fsp3) is 0.467. The molecule has 1 aliphatic heterocycles. The zero-order valence-corrected chi connectivity index (χ0v) is 23.6. The van der Waals surface area contributed by atoms with Crippen molar-refractivity contribution in [3.8, 4) is 17.3 Å². The molecule has 0 radical (unpaired) electrons. The first-order valence-electron chi connectivity index (χ1n) is 14.2. The molecule has 41 heavy (non-hydrogen) atoms. The summed E-state index contributed by atoms with van der Waals surface area (Å²) >= 11 is 0. The highest BCUT2D eigenvalue weighted by Crippen LogP contribution is 2.36. The molecule has 1 aromatic carbocycles. The fourth-order valence-corrected chi connectivity index (χ4v) is 5.58. The number of anilines is 2. The zero-order valence-electron chi connectivity index (χ0n) is 23.6. The van der Waals surface area contributed by atoms with E-state index in [2.05, 4.69) is 26.5 Å². The smallest absolute Gasteiger partial charge is 0.409 e. The maximum atomic E-state index is 13.0. The van der Waals surface area contributed by atoms with E-state index in [-0.39, 0.29) is 24.1 Å². The van der Waals surface area contributed by atoms with Gasteiger partial charge in [0.1, 0.15) is 6.10 Å². The Morgan fingerprint density at radius 2 is 1.85 bits per heavy atom. The topological polar surface area (TPSA) is 129 Å². The predicted octanol–water partition coefficient (Wildman–Crippen LogP) is 5.03. The van der Waals surface area contributed by atoms with Crippen molar-refractivity contribution < 1.29 is 14.3 Å². The van der Waals surface area contributed by atoms with E-state index in [9.17, 15) is 14.9 Å². The molecule has 2 aromatic heterocycles. The third-order valence-corrected chi connectivity index (χ3v) is 7.89. The molecule has 11 nitrogen and oxygen atoms in total. The second-order valence-corrected chi connectivity index (χ2v) is 10.9. The van der Waals surface area contributed by atoms with Crippen LogP contribution in [0.5, 0.6) is 0 Å². The quantitative estimate of drug-likeness (QED) is 0.409. The minimum absolute atomic E-state index is 0.0449. The van der Waals surface area contributed by atoms with Gasteiger partial charge in [0.05, 0.1) is 30.4 Å².